The van der Waals surface area contributed by atoms with Gasteiger partial charge in [-0.2, -0.15) is 0 Å². The first kappa shape index (κ1) is 13.8. The van der Waals surface area contributed by atoms with Gasteiger partial charge in [-0.25, -0.2) is 0 Å². The molecule has 0 unspecified atom stereocenters. The molecule has 0 saturated carbocycles. The van der Waals surface area contributed by atoms with Crippen molar-refractivity contribution >= 4 is 46.6 Å². The molecule has 0 saturated heterocycles. The molecule has 0 N–H and O–H groups in total. The fourth-order valence-corrected chi connectivity index (χ4v) is 3.55. The Hall–Kier alpha value is -1.16. The molecule has 1 heterocycles. The molecule has 0 aromatic heterocycles. The van der Waals surface area contributed by atoms with Crippen LogP contribution >= 0.6 is 35.0 Å². The first-order valence-electron chi connectivity index (χ1n) is 6.15. The Bertz CT molecular complexity index is 657. The molecule has 2 aromatic carbocycles. The van der Waals surface area contributed by atoms with E-state index in [0.717, 1.165) is 16.3 Å². The second-order valence-corrected chi connectivity index (χ2v) is 6.43. The molecular formula is C15H11Cl2NOS. The van der Waals surface area contributed by atoms with Gasteiger partial charge in [0.2, 0.25) is 0 Å². The van der Waals surface area contributed by atoms with Crippen LogP contribution in [0.25, 0.3) is 0 Å². The predicted molar refractivity (Wildman–Crippen MR) is 85.3 cm³/mol. The topological polar surface area (TPSA) is 20.3 Å². The number of amides is 1. The lowest BCUT2D eigenvalue weighted by Crippen LogP contribution is -2.35. The summed E-state index contributed by atoms with van der Waals surface area (Å²) in [4.78, 5) is 15.4. The fourth-order valence-electron chi connectivity index (χ4n) is 2.15. The largest absolute Gasteiger partial charge is 0.306 e. The third-order valence-corrected chi connectivity index (χ3v) is 4.63. The molecule has 0 fully saturated rings. The highest BCUT2D eigenvalue weighted by molar-refractivity contribution is 7.99. The number of rotatable bonds is 1. The Balaban J connectivity index is 1.96. The standard InChI is InChI=1S/C15H11Cl2NOS/c16-11-3-1-10(2-4-11)15(19)18-7-8-20-14-9-12(17)5-6-13(14)18/h1-6,9H,7-8H2. The van der Waals surface area contributed by atoms with E-state index < -0.39 is 0 Å². The molecule has 1 aliphatic rings. The Morgan fingerprint density at radius 1 is 1.05 bits per heavy atom. The molecule has 0 radical (unpaired) electrons. The van der Waals surface area contributed by atoms with Crippen molar-refractivity contribution in [3.05, 3.63) is 58.1 Å². The normalized spacial score (nSPS) is 14.0. The molecule has 0 spiro atoms. The van der Waals surface area contributed by atoms with Crippen LogP contribution in [-0.4, -0.2) is 18.2 Å². The first-order valence-corrected chi connectivity index (χ1v) is 7.89. The van der Waals surface area contributed by atoms with Gasteiger partial charge in [-0.05, 0) is 42.5 Å². The average molecular weight is 324 g/mol. The zero-order chi connectivity index (χ0) is 14.1. The number of hydrogen-bond acceptors (Lipinski definition) is 2. The van der Waals surface area contributed by atoms with Crippen LogP contribution in [0.4, 0.5) is 5.69 Å². The first-order chi connectivity index (χ1) is 9.65. The molecule has 5 heteroatoms. The highest BCUT2D eigenvalue weighted by Gasteiger charge is 2.24. The third kappa shape index (κ3) is 2.66. The minimum atomic E-state index is -0.00876. The monoisotopic (exact) mass is 323 g/mol. The highest BCUT2D eigenvalue weighted by atomic mass is 35.5. The number of nitrogens with zero attached hydrogens (tertiary/aromatic N) is 1. The highest BCUT2D eigenvalue weighted by Crippen LogP contribution is 2.37. The van der Waals surface area contributed by atoms with Crippen LogP contribution in [0.3, 0.4) is 0 Å². The summed E-state index contributed by atoms with van der Waals surface area (Å²) in [7, 11) is 0. The van der Waals surface area contributed by atoms with Crippen molar-refractivity contribution in [2.75, 3.05) is 17.2 Å². The van der Waals surface area contributed by atoms with Crippen molar-refractivity contribution in [2.24, 2.45) is 0 Å². The van der Waals surface area contributed by atoms with Gasteiger partial charge >= 0.3 is 0 Å². The van der Waals surface area contributed by atoms with Crippen LogP contribution in [0.2, 0.25) is 10.0 Å². The fraction of sp³-hybridized carbons (Fsp3) is 0.133. The number of carbonyl (C=O) groups excluding carboxylic acids is 1. The number of halogens is 2. The molecule has 0 aliphatic carbocycles. The molecule has 2 aromatic rings. The summed E-state index contributed by atoms with van der Waals surface area (Å²) in [5.41, 5.74) is 1.56. The van der Waals surface area contributed by atoms with E-state index >= 15 is 0 Å². The minimum absolute atomic E-state index is 0.00876. The minimum Gasteiger partial charge on any atom is -0.306 e. The van der Waals surface area contributed by atoms with Crippen molar-refractivity contribution in [3.63, 3.8) is 0 Å². The maximum atomic E-state index is 12.6. The van der Waals surface area contributed by atoms with E-state index in [4.69, 9.17) is 23.2 Å². The van der Waals surface area contributed by atoms with Gasteiger partial charge < -0.3 is 4.90 Å². The lowest BCUT2D eigenvalue weighted by Gasteiger charge is -2.29. The summed E-state index contributed by atoms with van der Waals surface area (Å²) < 4.78 is 0. The summed E-state index contributed by atoms with van der Waals surface area (Å²) in [6.45, 7) is 0.695. The Labute approximate surface area is 131 Å². The maximum absolute atomic E-state index is 12.6. The Kier molecular flexibility index (Phi) is 3.92. The van der Waals surface area contributed by atoms with Crippen LogP contribution in [0.15, 0.2) is 47.4 Å². The van der Waals surface area contributed by atoms with E-state index in [-0.39, 0.29) is 5.91 Å². The second-order valence-electron chi connectivity index (χ2n) is 4.42. The van der Waals surface area contributed by atoms with E-state index in [9.17, 15) is 4.79 Å². The zero-order valence-corrected chi connectivity index (χ0v) is 12.8. The maximum Gasteiger partial charge on any atom is 0.258 e. The van der Waals surface area contributed by atoms with Gasteiger partial charge in [0.25, 0.3) is 5.91 Å². The molecule has 0 bridgehead atoms. The van der Waals surface area contributed by atoms with Crippen molar-refractivity contribution < 1.29 is 4.79 Å². The molecule has 102 valence electrons. The van der Waals surface area contributed by atoms with Gasteiger partial charge in [0.15, 0.2) is 0 Å². The molecule has 1 aliphatic heterocycles. The Morgan fingerprint density at radius 3 is 2.50 bits per heavy atom. The lowest BCUT2D eigenvalue weighted by molar-refractivity contribution is 0.0987. The van der Waals surface area contributed by atoms with Crippen molar-refractivity contribution in [1.29, 1.82) is 0 Å². The lowest BCUT2D eigenvalue weighted by atomic mass is 10.1. The average Bonchev–Trinajstić information content (AvgIpc) is 2.46. The summed E-state index contributed by atoms with van der Waals surface area (Å²) in [5, 5.41) is 1.32. The number of benzene rings is 2. The van der Waals surface area contributed by atoms with Crippen LogP contribution in [0, 0.1) is 0 Å². The SMILES string of the molecule is O=C(c1ccc(Cl)cc1)N1CCSc2cc(Cl)ccc21. The number of anilines is 1. The van der Waals surface area contributed by atoms with Crippen molar-refractivity contribution in [3.8, 4) is 0 Å². The quantitative estimate of drug-likeness (QED) is 0.755. The molecule has 1 amide bonds. The summed E-state index contributed by atoms with van der Waals surface area (Å²) in [6, 6.07) is 12.6. The van der Waals surface area contributed by atoms with E-state index in [1.165, 1.54) is 0 Å². The Morgan fingerprint density at radius 2 is 1.75 bits per heavy atom. The number of carbonyl (C=O) groups is 1. The zero-order valence-electron chi connectivity index (χ0n) is 10.5. The van der Waals surface area contributed by atoms with Crippen LogP contribution < -0.4 is 4.90 Å². The number of fused-ring (bicyclic) bond motifs is 1. The van der Waals surface area contributed by atoms with E-state index in [1.54, 1.807) is 40.9 Å². The van der Waals surface area contributed by atoms with Crippen molar-refractivity contribution in [1.82, 2.24) is 0 Å². The van der Waals surface area contributed by atoms with Gasteiger partial charge in [0.05, 0.1) is 5.69 Å². The molecule has 2 nitrogen and oxygen atoms in total. The summed E-state index contributed by atoms with van der Waals surface area (Å²) in [6.07, 6.45) is 0. The van der Waals surface area contributed by atoms with Gasteiger partial charge in [0.1, 0.15) is 0 Å². The predicted octanol–water partition coefficient (Wildman–Crippen LogP) is 4.75. The van der Waals surface area contributed by atoms with E-state index in [2.05, 4.69) is 0 Å². The van der Waals surface area contributed by atoms with Gasteiger partial charge in [-0.3, -0.25) is 4.79 Å². The smallest absolute Gasteiger partial charge is 0.258 e. The van der Waals surface area contributed by atoms with Crippen LogP contribution in [0.5, 0.6) is 0 Å². The van der Waals surface area contributed by atoms with Crippen LogP contribution in [-0.2, 0) is 0 Å². The third-order valence-electron chi connectivity index (χ3n) is 3.12. The van der Waals surface area contributed by atoms with Gasteiger partial charge in [-0.15, -0.1) is 11.8 Å². The number of hydrogen-bond donors (Lipinski definition) is 0. The van der Waals surface area contributed by atoms with Gasteiger partial charge in [0, 0.05) is 32.8 Å². The summed E-state index contributed by atoms with van der Waals surface area (Å²) >= 11 is 13.6. The molecule has 0 atom stereocenters. The second kappa shape index (κ2) is 5.68. The van der Waals surface area contributed by atoms with E-state index in [0.29, 0.717) is 22.2 Å². The molecular weight excluding hydrogens is 313 g/mol. The molecule has 3 rings (SSSR count). The van der Waals surface area contributed by atoms with Crippen molar-refractivity contribution in [2.45, 2.75) is 4.90 Å². The molecule has 20 heavy (non-hydrogen) atoms. The van der Waals surface area contributed by atoms with E-state index in [1.807, 2.05) is 18.2 Å². The number of thioether (sulfide) groups is 1. The summed E-state index contributed by atoms with van der Waals surface area (Å²) in [5.74, 6) is 0.859. The van der Waals surface area contributed by atoms with Crippen LogP contribution in [0.1, 0.15) is 10.4 Å². The van der Waals surface area contributed by atoms with Gasteiger partial charge in [-0.1, -0.05) is 23.2 Å².